The predicted octanol–water partition coefficient (Wildman–Crippen LogP) is 4.03. The van der Waals surface area contributed by atoms with Gasteiger partial charge < -0.3 is 4.90 Å². The first-order chi connectivity index (χ1) is 8.69. The van der Waals surface area contributed by atoms with Crippen LogP contribution in [0.2, 0.25) is 5.28 Å². The molecule has 0 unspecified atom stereocenters. The maximum atomic E-state index is 6.06. The lowest BCUT2D eigenvalue weighted by Gasteiger charge is -2.23. The molecule has 3 rings (SSSR count). The number of halogens is 1. The number of nitrogens with zero attached hydrogens (tertiary/aromatic N) is 3. The van der Waals surface area contributed by atoms with Crippen LogP contribution >= 0.6 is 22.9 Å². The molecule has 96 valence electrons. The molecule has 5 heteroatoms. The maximum absolute atomic E-state index is 6.06. The third-order valence-corrected chi connectivity index (χ3v) is 4.31. The van der Waals surface area contributed by atoms with Crippen molar-refractivity contribution in [2.24, 2.45) is 0 Å². The molecule has 3 nitrogen and oxygen atoms in total. The minimum Gasteiger partial charge on any atom is -0.353 e. The Morgan fingerprint density at radius 2 is 2.22 bits per heavy atom. The molecule has 0 saturated heterocycles. The van der Waals surface area contributed by atoms with E-state index in [-0.39, 0.29) is 0 Å². The van der Waals surface area contributed by atoms with Gasteiger partial charge in [-0.3, -0.25) is 0 Å². The fourth-order valence-corrected chi connectivity index (χ4v) is 3.40. The highest BCUT2D eigenvalue weighted by atomic mass is 35.5. The van der Waals surface area contributed by atoms with Gasteiger partial charge >= 0.3 is 0 Å². The molecule has 1 fully saturated rings. The average Bonchev–Trinajstić information content (AvgIpc) is 3.08. The first-order valence-corrected chi connectivity index (χ1v) is 7.59. The van der Waals surface area contributed by atoms with Crippen molar-refractivity contribution in [3.05, 3.63) is 16.2 Å². The summed E-state index contributed by atoms with van der Waals surface area (Å²) in [4.78, 5) is 13.5. The van der Waals surface area contributed by atoms with Crippen molar-refractivity contribution >= 4 is 39.0 Å². The number of aromatic nitrogens is 2. The quantitative estimate of drug-likeness (QED) is 0.792. The van der Waals surface area contributed by atoms with E-state index < -0.39 is 0 Å². The Kier molecular flexibility index (Phi) is 3.16. The molecule has 2 aromatic heterocycles. The highest BCUT2D eigenvalue weighted by molar-refractivity contribution is 7.18. The molecule has 0 aromatic carbocycles. The molecule has 0 amide bonds. The molecular weight excluding hydrogens is 266 g/mol. The Morgan fingerprint density at radius 1 is 1.44 bits per heavy atom. The van der Waals surface area contributed by atoms with Crippen molar-refractivity contribution in [1.82, 2.24) is 9.97 Å². The second-order valence-electron chi connectivity index (χ2n) is 4.82. The Hall–Kier alpha value is -0.870. The molecule has 0 atom stereocenters. The van der Waals surface area contributed by atoms with Gasteiger partial charge in [0.05, 0.1) is 5.39 Å². The molecule has 18 heavy (non-hydrogen) atoms. The lowest BCUT2D eigenvalue weighted by Crippen LogP contribution is -2.27. The number of hydrogen-bond acceptors (Lipinski definition) is 4. The Labute approximate surface area is 116 Å². The van der Waals surface area contributed by atoms with Crippen LogP contribution in [0.25, 0.3) is 10.2 Å². The summed E-state index contributed by atoms with van der Waals surface area (Å²) in [6.07, 6.45) is 3.67. The lowest BCUT2D eigenvalue weighted by molar-refractivity contribution is 0.753. The van der Waals surface area contributed by atoms with Crippen LogP contribution in [0.5, 0.6) is 0 Å². The zero-order valence-corrected chi connectivity index (χ0v) is 12.2. The second kappa shape index (κ2) is 4.67. The van der Waals surface area contributed by atoms with E-state index in [0.717, 1.165) is 29.0 Å². The van der Waals surface area contributed by atoms with Crippen LogP contribution in [-0.2, 0) is 0 Å². The van der Waals surface area contributed by atoms with Gasteiger partial charge in [0.1, 0.15) is 10.6 Å². The van der Waals surface area contributed by atoms with Crippen molar-refractivity contribution in [2.75, 3.05) is 11.4 Å². The van der Waals surface area contributed by atoms with E-state index >= 15 is 0 Å². The van der Waals surface area contributed by atoms with Crippen LogP contribution in [0.3, 0.4) is 0 Å². The number of anilines is 1. The standard InChI is InChI=1S/C13H16ClN3S/c1-3-6-17(9-4-5-9)11-10-7-8(2)18-12(10)16-13(14)15-11/h7,9H,3-6H2,1-2H3. The molecule has 0 bridgehead atoms. The van der Waals surface area contributed by atoms with Crippen LogP contribution in [0.4, 0.5) is 5.82 Å². The lowest BCUT2D eigenvalue weighted by atomic mass is 10.3. The normalized spacial score (nSPS) is 15.3. The van der Waals surface area contributed by atoms with Gasteiger partial charge in [-0.1, -0.05) is 6.92 Å². The van der Waals surface area contributed by atoms with E-state index in [2.05, 4.69) is 34.8 Å². The van der Waals surface area contributed by atoms with Gasteiger partial charge in [0.2, 0.25) is 5.28 Å². The second-order valence-corrected chi connectivity index (χ2v) is 6.39. The number of hydrogen-bond donors (Lipinski definition) is 0. The summed E-state index contributed by atoms with van der Waals surface area (Å²) in [5.41, 5.74) is 0. The Balaban J connectivity index is 2.12. The monoisotopic (exact) mass is 281 g/mol. The number of aryl methyl sites for hydroxylation is 1. The largest absolute Gasteiger partial charge is 0.353 e. The van der Waals surface area contributed by atoms with Gasteiger partial charge in [-0.05, 0) is 43.9 Å². The first kappa shape index (κ1) is 12.2. The van der Waals surface area contributed by atoms with Gasteiger partial charge in [0, 0.05) is 17.5 Å². The Morgan fingerprint density at radius 3 is 2.89 bits per heavy atom. The fraction of sp³-hybridized carbons (Fsp3) is 0.538. The van der Waals surface area contributed by atoms with Crippen LogP contribution in [0.15, 0.2) is 6.07 Å². The summed E-state index contributed by atoms with van der Waals surface area (Å²) in [5.74, 6) is 1.03. The molecule has 1 aliphatic rings. The molecule has 0 radical (unpaired) electrons. The van der Waals surface area contributed by atoms with Gasteiger partial charge in [-0.15, -0.1) is 11.3 Å². The zero-order chi connectivity index (χ0) is 12.7. The third kappa shape index (κ3) is 2.19. The number of thiophene rings is 1. The van der Waals surface area contributed by atoms with Crippen LogP contribution in [0, 0.1) is 6.92 Å². The summed E-state index contributed by atoms with van der Waals surface area (Å²) < 4.78 is 0. The van der Waals surface area contributed by atoms with Gasteiger partial charge in [0.25, 0.3) is 0 Å². The molecule has 1 aliphatic carbocycles. The third-order valence-electron chi connectivity index (χ3n) is 3.19. The highest BCUT2D eigenvalue weighted by Crippen LogP contribution is 2.37. The molecule has 0 N–H and O–H groups in total. The summed E-state index contributed by atoms with van der Waals surface area (Å²) in [5, 5.41) is 1.52. The van der Waals surface area contributed by atoms with Crippen molar-refractivity contribution < 1.29 is 0 Å². The maximum Gasteiger partial charge on any atom is 0.225 e. The Bertz CT molecular complexity index is 577. The molecule has 1 saturated carbocycles. The van der Waals surface area contributed by atoms with Crippen LogP contribution in [-0.4, -0.2) is 22.6 Å². The smallest absolute Gasteiger partial charge is 0.225 e. The molecule has 2 aromatic rings. The van der Waals surface area contributed by atoms with E-state index in [4.69, 9.17) is 11.6 Å². The van der Waals surface area contributed by atoms with Crippen LogP contribution < -0.4 is 4.90 Å². The molecular formula is C13H16ClN3S. The van der Waals surface area contributed by atoms with Gasteiger partial charge in [-0.25, -0.2) is 4.98 Å². The van der Waals surface area contributed by atoms with E-state index in [1.807, 2.05) is 0 Å². The molecule has 0 aliphatic heterocycles. The summed E-state index contributed by atoms with van der Waals surface area (Å²) >= 11 is 7.75. The first-order valence-electron chi connectivity index (χ1n) is 6.39. The topological polar surface area (TPSA) is 29.0 Å². The van der Waals surface area contributed by atoms with Crippen molar-refractivity contribution in [3.63, 3.8) is 0 Å². The SMILES string of the molecule is CCCN(c1nc(Cl)nc2sc(C)cc12)C1CC1. The molecule has 2 heterocycles. The molecule has 0 spiro atoms. The predicted molar refractivity (Wildman–Crippen MR) is 77.8 cm³/mol. The summed E-state index contributed by atoms with van der Waals surface area (Å²) in [7, 11) is 0. The number of fused-ring (bicyclic) bond motifs is 1. The van der Waals surface area contributed by atoms with Gasteiger partial charge in [0.15, 0.2) is 0 Å². The van der Waals surface area contributed by atoms with Crippen molar-refractivity contribution in [1.29, 1.82) is 0 Å². The summed E-state index contributed by atoms with van der Waals surface area (Å²) in [6.45, 7) is 5.35. The van der Waals surface area contributed by atoms with Crippen molar-refractivity contribution in [3.8, 4) is 0 Å². The summed E-state index contributed by atoms with van der Waals surface area (Å²) in [6, 6.07) is 2.83. The van der Waals surface area contributed by atoms with E-state index in [1.54, 1.807) is 11.3 Å². The average molecular weight is 282 g/mol. The zero-order valence-electron chi connectivity index (χ0n) is 10.6. The van der Waals surface area contributed by atoms with Crippen LogP contribution in [0.1, 0.15) is 31.1 Å². The van der Waals surface area contributed by atoms with E-state index in [9.17, 15) is 0 Å². The highest BCUT2D eigenvalue weighted by Gasteiger charge is 2.31. The van der Waals surface area contributed by atoms with E-state index in [1.165, 1.54) is 17.7 Å². The minimum atomic E-state index is 0.362. The minimum absolute atomic E-state index is 0.362. The van der Waals surface area contributed by atoms with Crippen molar-refractivity contribution in [2.45, 2.75) is 39.2 Å². The van der Waals surface area contributed by atoms with Gasteiger partial charge in [-0.2, -0.15) is 4.98 Å². The number of rotatable bonds is 4. The van der Waals surface area contributed by atoms with E-state index in [0.29, 0.717) is 11.3 Å². The fourth-order valence-electron chi connectivity index (χ4n) is 2.31.